The summed E-state index contributed by atoms with van der Waals surface area (Å²) >= 11 is 7.18. The molecule has 0 fully saturated rings. The van der Waals surface area contributed by atoms with Crippen molar-refractivity contribution in [2.24, 2.45) is 0 Å². The number of halogens is 1. The van der Waals surface area contributed by atoms with Crippen LogP contribution >= 0.6 is 23.4 Å². The van der Waals surface area contributed by atoms with E-state index >= 15 is 0 Å². The lowest BCUT2D eigenvalue weighted by atomic mass is 10.1. The van der Waals surface area contributed by atoms with Crippen molar-refractivity contribution in [2.45, 2.75) is 65.7 Å². The molecule has 9 heteroatoms. The van der Waals surface area contributed by atoms with Crippen LogP contribution in [0.1, 0.15) is 59.9 Å². The van der Waals surface area contributed by atoms with E-state index in [-0.39, 0.29) is 16.1 Å². The lowest BCUT2D eigenvalue weighted by Gasteiger charge is -2.20. The Bertz CT molecular complexity index is 795. The maximum absolute atomic E-state index is 12.0. The first kappa shape index (κ1) is 28.0. The minimum atomic E-state index is -0.103. The third-order valence-electron chi connectivity index (χ3n) is 3.88. The van der Waals surface area contributed by atoms with Crippen molar-refractivity contribution in [1.29, 1.82) is 0 Å². The molecule has 0 atom stereocenters. The van der Waals surface area contributed by atoms with Gasteiger partial charge in [0.05, 0.1) is 0 Å². The molecular weight excluding hydrogens is 444 g/mol. The minimum absolute atomic E-state index is 0.103. The standard InChI is InChI=1S/C14H21NOS.C9H16ClN5/c1-3-10-15(11-4-2)14(16)17-12-13-8-6-5-7-9-13;1-5-11-7-12-6(10)13-8(14-7)15-9(2,3)4/h5-9H,3-4,10-12H2,1-2H3;5H2,1-4H3,(H2,11,12,13,14,15). The van der Waals surface area contributed by atoms with Gasteiger partial charge in [0.25, 0.3) is 5.24 Å². The van der Waals surface area contributed by atoms with Gasteiger partial charge >= 0.3 is 0 Å². The summed E-state index contributed by atoms with van der Waals surface area (Å²) in [6, 6.07) is 10.1. The third-order valence-corrected chi connectivity index (χ3v) is 5.03. The predicted octanol–water partition coefficient (Wildman–Crippen LogP) is 6.33. The van der Waals surface area contributed by atoms with Gasteiger partial charge in [-0.25, -0.2) is 0 Å². The summed E-state index contributed by atoms with van der Waals surface area (Å²) in [5.74, 6) is 1.74. The lowest BCUT2D eigenvalue weighted by Crippen LogP contribution is -2.29. The Kier molecular flexibility index (Phi) is 13.0. The maximum Gasteiger partial charge on any atom is 0.281 e. The normalized spacial score (nSPS) is 10.7. The first-order chi connectivity index (χ1) is 15.2. The SMILES string of the molecule is CCCN(CCC)C(=O)SCc1ccccc1.CCNc1nc(Cl)nc(NC(C)(C)C)n1. The van der Waals surface area contributed by atoms with Crippen LogP contribution in [0.4, 0.5) is 16.7 Å². The molecule has 178 valence electrons. The van der Waals surface area contributed by atoms with Crippen molar-refractivity contribution in [3.05, 3.63) is 41.2 Å². The molecule has 2 rings (SSSR count). The van der Waals surface area contributed by atoms with E-state index in [4.69, 9.17) is 11.6 Å². The number of carbonyl (C=O) groups excluding carboxylic acids is 1. The van der Waals surface area contributed by atoms with Gasteiger partial charge in [0.15, 0.2) is 0 Å². The summed E-state index contributed by atoms with van der Waals surface area (Å²) in [7, 11) is 0. The van der Waals surface area contributed by atoms with Gasteiger partial charge in [0.1, 0.15) is 0 Å². The Morgan fingerprint density at radius 1 is 1.00 bits per heavy atom. The van der Waals surface area contributed by atoms with E-state index in [1.165, 1.54) is 17.3 Å². The molecule has 0 bridgehead atoms. The second-order valence-corrected chi connectivity index (χ2v) is 9.45. The van der Waals surface area contributed by atoms with Crippen LogP contribution in [-0.2, 0) is 5.75 Å². The molecule has 1 heterocycles. The van der Waals surface area contributed by atoms with Crippen molar-refractivity contribution < 1.29 is 4.79 Å². The van der Waals surface area contributed by atoms with Crippen LogP contribution in [0.5, 0.6) is 0 Å². The van der Waals surface area contributed by atoms with Crippen molar-refractivity contribution in [2.75, 3.05) is 30.3 Å². The second kappa shape index (κ2) is 14.9. The van der Waals surface area contributed by atoms with Crippen LogP contribution in [0.25, 0.3) is 0 Å². The molecule has 1 aromatic heterocycles. The van der Waals surface area contributed by atoms with Crippen LogP contribution in [0.3, 0.4) is 0 Å². The van der Waals surface area contributed by atoms with Crippen LogP contribution in [0, 0.1) is 0 Å². The van der Waals surface area contributed by atoms with E-state index < -0.39 is 0 Å². The number of benzene rings is 1. The number of amides is 1. The van der Waals surface area contributed by atoms with Crippen molar-refractivity contribution >= 4 is 40.5 Å². The van der Waals surface area contributed by atoms with E-state index in [9.17, 15) is 4.79 Å². The first-order valence-corrected chi connectivity index (χ1v) is 12.4. The van der Waals surface area contributed by atoms with Crippen LogP contribution in [0.15, 0.2) is 30.3 Å². The third kappa shape index (κ3) is 12.1. The smallest absolute Gasteiger partial charge is 0.281 e. The zero-order valence-corrected chi connectivity index (χ0v) is 21.7. The molecule has 7 nitrogen and oxygen atoms in total. The highest BCUT2D eigenvalue weighted by atomic mass is 35.5. The quantitative estimate of drug-likeness (QED) is 0.433. The van der Waals surface area contributed by atoms with E-state index in [0.29, 0.717) is 11.9 Å². The van der Waals surface area contributed by atoms with E-state index in [0.717, 1.165) is 38.2 Å². The fourth-order valence-electron chi connectivity index (χ4n) is 2.62. The van der Waals surface area contributed by atoms with Crippen molar-refractivity contribution in [3.8, 4) is 0 Å². The highest BCUT2D eigenvalue weighted by Crippen LogP contribution is 2.17. The van der Waals surface area contributed by atoms with Gasteiger partial charge in [0.2, 0.25) is 17.2 Å². The number of rotatable bonds is 9. The Labute approximate surface area is 202 Å². The topological polar surface area (TPSA) is 83.0 Å². The number of nitrogens with one attached hydrogen (secondary N) is 2. The van der Waals surface area contributed by atoms with Crippen LogP contribution in [-0.4, -0.2) is 50.3 Å². The summed E-state index contributed by atoms with van der Waals surface area (Å²) in [6.45, 7) is 14.7. The molecule has 0 saturated heterocycles. The van der Waals surface area contributed by atoms with Crippen molar-refractivity contribution in [1.82, 2.24) is 19.9 Å². The van der Waals surface area contributed by atoms with Gasteiger partial charge in [-0.15, -0.1) is 0 Å². The Hall–Kier alpha value is -2.06. The number of nitrogens with zero attached hydrogens (tertiary/aromatic N) is 4. The Morgan fingerprint density at radius 3 is 2.12 bits per heavy atom. The summed E-state index contributed by atoms with van der Waals surface area (Å²) in [5, 5.41) is 6.52. The van der Waals surface area contributed by atoms with Crippen LogP contribution in [0.2, 0.25) is 5.28 Å². The molecule has 0 saturated carbocycles. The molecule has 2 N–H and O–H groups in total. The molecule has 0 aliphatic heterocycles. The molecule has 1 amide bonds. The van der Waals surface area contributed by atoms with Gasteiger partial charge in [0, 0.05) is 30.9 Å². The fraction of sp³-hybridized carbons (Fsp3) is 0.565. The zero-order valence-electron chi connectivity index (χ0n) is 20.1. The van der Waals surface area contributed by atoms with E-state index in [2.05, 4.69) is 51.6 Å². The van der Waals surface area contributed by atoms with Gasteiger partial charge in [-0.3, -0.25) is 4.79 Å². The molecule has 0 unspecified atom stereocenters. The average molecular weight is 481 g/mol. The highest BCUT2D eigenvalue weighted by Gasteiger charge is 2.13. The lowest BCUT2D eigenvalue weighted by molar-refractivity contribution is 0.223. The molecule has 32 heavy (non-hydrogen) atoms. The van der Waals surface area contributed by atoms with E-state index in [1.807, 2.05) is 50.8 Å². The number of aromatic nitrogens is 3. The molecule has 0 aliphatic carbocycles. The summed E-state index contributed by atoms with van der Waals surface area (Å²) < 4.78 is 0. The first-order valence-electron chi connectivity index (χ1n) is 11.1. The highest BCUT2D eigenvalue weighted by molar-refractivity contribution is 8.12. The minimum Gasteiger partial charge on any atom is -0.354 e. The molecule has 1 aromatic carbocycles. The van der Waals surface area contributed by atoms with Gasteiger partial charge < -0.3 is 15.5 Å². The number of thioether (sulfide) groups is 1. The molecule has 0 radical (unpaired) electrons. The average Bonchev–Trinajstić information content (AvgIpc) is 2.71. The second-order valence-electron chi connectivity index (χ2n) is 8.18. The van der Waals surface area contributed by atoms with Gasteiger partial charge in [-0.2, -0.15) is 15.0 Å². The van der Waals surface area contributed by atoms with Gasteiger partial charge in [-0.05, 0) is 57.7 Å². The number of hydrogen-bond acceptors (Lipinski definition) is 7. The van der Waals surface area contributed by atoms with Crippen LogP contribution < -0.4 is 10.6 Å². The number of anilines is 2. The number of carbonyl (C=O) groups is 1. The molecular formula is C23H37ClN6OS. The number of hydrogen-bond donors (Lipinski definition) is 2. The zero-order chi connectivity index (χ0) is 24.0. The van der Waals surface area contributed by atoms with E-state index in [1.54, 1.807) is 0 Å². The Morgan fingerprint density at radius 2 is 1.59 bits per heavy atom. The fourth-order valence-corrected chi connectivity index (χ4v) is 3.63. The summed E-state index contributed by atoms with van der Waals surface area (Å²) in [4.78, 5) is 26.1. The molecule has 0 aliphatic rings. The predicted molar refractivity (Wildman–Crippen MR) is 138 cm³/mol. The summed E-state index contributed by atoms with van der Waals surface area (Å²) in [5.41, 5.74) is 1.10. The van der Waals surface area contributed by atoms with Gasteiger partial charge in [-0.1, -0.05) is 55.9 Å². The molecule has 2 aromatic rings. The molecule has 0 spiro atoms. The summed E-state index contributed by atoms with van der Waals surface area (Å²) in [6.07, 6.45) is 2.05. The maximum atomic E-state index is 12.0. The van der Waals surface area contributed by atoms with Crippen molar-refractivity contribution in [3.63, 3.8) is 0 Å². The monoisotopic (exact) mass is 480 g/mol. The largest absolute Gasteiger partial charge is 0.354 e. The Balaban J connectivity index is 0.000000323.